The molecule has 0 spiro atoms. The molecule has 7 heteroatoms. The molecule has 1 aliphatic rings. The predicted molar refractivity (Wildman–Crippen MR) is 94.0 cm³/mol. The Kier molecular flexibility index (Phi) is 11.1. The summed E-state index contributed by atoms with van der Waals surface area (Å²) in [6.07, 6.45) is 6.20. The summed E-state index contributed by atoms with van der Waals surface area (Å²) in [6, 6.07) is 0. The molecule has 1 fully saturated rings. The van der Waals surface area contributed by atoms with E-state index in [2.05, 4.69) is 0 Å². The molecule has 1 saturated carbocycles. The fraction of sp³-hybridized carbons (Fsp3) is 0.842. The minimum absolute atomic E-state index is 0.112. The second-order valence-corrected chi connectivity index (χ2v) is 6.96. The van der Waals surface area contributed by atoms with Gasteiger partial charge < -0.3 is 19.7 Å². The van der Waals surface area contributed by atoms with E-state index in [9.17, 15) is 14.4 Å². The molecule has 3 unspecified atom stereocenters. The molecule has 0 radical (unpaired) electrons. The first-order valence-corrected chi connectivity index (χ1v) is 9.65. The number of hydrogen-bond donors (Lipinski definition) is 2. The number of esters is 3. The molecule has 3 atom stereocenters. The summed E-state index contributed by atoms with van der Waals surface area (Å²) < 4.78 is 9.96. The molecule has 0 bridgehead atoms. The summed E-state index contributed by atoms with van der Waals surface area (Å²) in [5.74, 6) is -1.91. The van der Waals surface area contributed by atoms with Gasteiger partial charge in [-0.15, -0.1) is 0 Å². The van der Waals surface area contributed by atoms with Crippen molar-refractivity contribution < 1.29 is 34.1 Å². The number of carbonyl (C=O) groups is 3. The van der Waals surface area contributed by atoms with Crippen molar-refractivity contribution in [1.29, 1.82) is 0 Å². The standard InChI is InChI=1S/C19H32O7/c1-14(21)18(23)26-19(24)16-10-5-4-8-15(16)9-7-13-25-17(22)11-3-2-6-12-20/h14-16,20-21H,2-13H2,1H3. The van der Waals surface area contributed by atoms with Crippen LogP contribution in [0.3, 0.4) is 0 Å². The zero-order valence-corrected chi connectivity index (χ0v) is 15.7. The zero-order valence-electron chi connectivity index (χ0n) is 15.7. The van der Waals surface area contributed by atoms with Gasteiger partial charge in [0.25, 0.3) is 0 Å². The van der Waals surface area contributed by atoms with E-state index in [1.54, 1.807) is 0 Å². The molecule has 0 aromatic rings. The Hall–Kier alpha value is -1.47. The topological polar surface area (TPSA) is 110 Å². The summed E-state index contributed by atoms with van der Waals surface area (Å²) in [4.78, 5) is 35.2. The highest BCUT2D eigenvalue weighted by Gasteiger charge is 2.33. The average Bonchev–Trinajstić information content (AvgIpc) is 2.62. The fourth-order valence-electron chi connectivity index (χ4n) is 3.29. The van der Waals surface area contributed by atoms with Crippen LogP contribution in [0.25, 0.3) is 0 Å². The Labute approximate surface area is 155 Å². The van der Waals surface area contributed by atoms with Gasteiger partial charge in [0.2, 0.25) is 0 Å². The lowest BCUT2D eigenvalue weighted by Crippen LogP contribution is -2.33. The van der Waals surface area contributed by atoms with Gasteiger partial charge in [-0.3, -0.25) is 9.59 Å². The van der Waals surface area contributed by atoms with E-state index in [4.69, 9.17) is 19.7 Å². The molecule has 26 heavy (non-hydrogen) atoms. The van der Waals surface area contributed by atoms with Crippen LogP contribution < -0.4 is 0 Å². The number of unbranched alkanes of at least 4 members (excludes halogenated alkanes) is 2. The first-order chi connectivity index (χ1) is 12.5. The number of carbonyl (C=O) groups excluding carboxylic acids is 3. The van der Waals surface area contributed by atoms with Gasteiger partial charge in [0.1, 0.15) is 6.10 Å². The Morgan fingerprint density at radius 2 is 1.81 bits per heavy atom. The number of rotatable bonds is 11. The van der Waals surface area contributed by atoms with Gasteiger partial charge in [-0.05, 0) is 51.4 Å². The Bertz CT molecular complexity index is 447. The molecule has 0 aromatic carbocycles. The highest BCUT2D eigenvalue weighted by Crippen LogP contribution is 2.34. The maximum Gasteiger partial charge on any atom is 0.342 e. The second-order valence-electron chi connectivity index (χ2n) is 6.96. The van der Waals surface area contributed by atoms with Crippen LogP contribution in [0.2, 0.25) is 0 Å². The Morgan fingerprint density at radius 1 is 1.08 bits per heavy atom. The molecule has 2 N–H and O–H groups in total. The van der Waals surface area contributed by atoms with Gasteiger partial charge in [-0.1, -0.05) is 19.3 Å². The minimum Gasteiger partial charge on any atom is -0.466 e. The summed E-state index contributed by atoms with van der Waals surface area (Å²) in [5.41, 5.74) is 0. The lowest BCUT2D eigenvalue weighted by atomic mass is 9.77. The lowest BCUT2D eigenvalue weighted by molar-refractivity contribution is -0.170. The summed E-state index contributed by atoms with van der Waals surface area (Å²) >= 11 is 0. The second kappa shape index (κ2) is 12.8. The highest BCUT2D eigenvalue weighted by atomic mass is 16.6. The third-order valence-corrected chi connectivity index (χ3v) is 4.78. The highest BCUT2D eigenvalue weighted by molar-refractivity contribution is 5.88. The molecular weight excluding hydrogens is 340 g/mol. The summed E-state index contributed by atoms with van der Waals surface area (Å²) in [5, 5.41) is 17.8. The van der Waals surface area contributed by atoms with Crippen molar-refractivity contribution in [2.45, 2.75) is 77.2 Å². The van der Waals surface area contributed by atoms with Gasteiger partial charge in [0, 0.05) is 13.0 Å². The Balaban J connectivity index is 2.29. The predicted octanol–water partition coefficient (Wildman–Crippen LogP) is 2.12. The van der Waals surface area contributed by atoms with Crippen LogP contribution in [0.4, 0.5) is 0 Å². The smallest absolute Gasteiger partial charge is 0.342 e. The molecule has 150 valence electrons. The van der Waals surface area contributed by atoms with Crippen molar-refractivity contribution in [3.05, 3.63) is 0 Å². The van der Waals surface area contributed by atoms with Crippen molar-refractivity contribution >= 4 is 17.9 Å². The van der Waals surface area contributed by atoms with Crippen LogP contribution in [0, 0.1) is 11.8 Å². The van der Waals surface area contributed by atoms with Crippen molar-refractivity contribution in [1.82, 2.24) is 0 Å². The van der Waals surface area contributed by atoms with Gasteiger partial charge in [-0.2, -0.15) is 0 Å². The van der Waals surface area contributed by atoms with E-state index in [0.717, 1.165) is 32.1 Å². The van der Waals surface area contributed by atoms with Crippen LogP contribution in [-0.2, 0) is 23.9 Å². The van der Waals surface area contributed by atoms with Crippen LogP contribution in [0.1, 0.15) is 71.1 Å². The summed E-state index contributed by atoms with van der Waals surface area (Å²) in [6.45, 7) is 1.73. The van der Waals surface area contributed by atoms with Gasteiger partial charge in [0.05, 0.1) is 12.5 Å². The maximum absolute atomic E-state index is 12.2. The lowest BCUT2D eigenvalue weighted by Gasteiger charge is -2.29. The van der Waals surface area contributed by atoms with Crippen LogP contribution >= 0.6 is 0 Å². The van der Waals surface area contributed by atoms with E-state index in [0.29, 0.717) is 38.7 Å². The quantitative estimate of drug-likeness (QED) is 0.325. The third kappa shape index (κ3) is 8.76. The van der Waals surface area contributed by atoms with E-state index in [-0.39, 0.29) is 24.4 Å². The van der Waals surface area contributed by atoms with E-state index >= 15 is 0 Å². The van der Waals surface area contributed by atoms with Crippen LogP contribution in [0.5, 0.6) is 0 Å². The van der Waals surface area contributed by atoms with E-state index in [1.807, 2.05) is 0 Å². The van der Waals surface area contributed by atoms with Crippen molar-refractivity contribution in [3.8, 4) is 0 Å². The van der Waals surface area contributed by atoms with Crippen molar-refractivity contribution in [2.24, 2.45) is 11.8 Å². The van der Waals surface area contributed by atoms with Crippen molar-refractivity contribution in [2.75, 3.05) is 13.2 Å². The van der Waals surface area contributed by atoms with E-state index in [1.165, 1.54) is 6.92 Å². The molecule has 0 aromatic heterocycles. The van der Waals surface area contributed by atoms with Crippen LogP contribution in [0.15, 0.2) is 0 Å². The monoisotopic (exact) mass is 372 g/mol. The number of aliphatic hydroxyl groups is 2. The van der Waals surface area contributed by atoms with Crippen molar-refractivity contribution in [3.63, 3.8) is 0 Å². The molecule has 7 nitrogen and oxygen atoms in total. The van der Waals surface area contributed by atoms with Gasteiger partial charge in [-0.25, -0.2) is 4.79 Å². The summed E-state index contributed by atoms with van der Waals surface area (Å²) in [7, 11) is 0. The number of hydrogen-bond acceptors (Lipinski definition) is 7. The molecule has 0 amide bonds. The van der Waals surface area contributed by atoms with E-state index < -0.39 is 18.0 Å². The molecule has 1 rings (SSSR count). The van der Waals surface area contributed by atoms with Crippen LogP contribution in [-0.4, -0.2) is 47.4 Å². The third-order valence-electron chi connectivity index (χ3n) is 4.78. The fourth-order valence-corrected chi connectivity index (χ4v) is 3.29. The SMILES string of the molecule is CC(O)C(=O)OC(=O)C1CCCCC1CCCOC(=O)CCCCCO. The molecule has 0 aliphatic heterocycles. The molecule has 1 aliphatic carbocycles. The Morgan fingerprint density at radius 3 is 2.50 bits per heavy atom. The largest absolute Gasteiger partial charge is 0.466 e. The average molecular weight is 372 g/mol. The zero-order chi connectivity index (χ0) is 19.4. The minimum atomic E-state index is -1.31. The number of aliphatic hydroxyl groups excluding tert-OH is 2. The maximum atomic E-state index is 12.2. The molecule has 0 saturated heterocycles. The normalized spacial score (nSPS) is 21.0. The van der Waals surface area contributed by atoms with Gasteiger partial charge >= 0.3 is 17.9 Å². The first-order valence-electron chi connectivity index (χ1n) is 9.65. The van der Waals surface area contributed by atoms with Gasteiger partial charge in [0.15, 0.2) is 0 Å². The molecular formula is C19H32O7. The number of ether oxygens (including phenoxy) is 2. The first kappa shape index (κ1) is 22.6. The molecule has 0 heterocycles.